The Kier molecular flexibility index (Phi) is 5.65. The van der Waals surface area contributed by atoms with Crippen molar-refractivity contribution in [3.05, 3.63) is 45.3 Å². The molecule has 0 saturated carbocycles. The lowest BCUT2D eigenvalue weighted by Gasteiger charge is -2.27. The number of thiazole rings is 1. The number of piperidine rings is 1. The highest BCUT2D eigenvalue weighted by atomic mass is 35.5. The van der Waals surface area contributed by atoms with Crippen molar-refractivity contribution < 1.29 is 14.0 Å². The van der Waals surface area contributed by atoms with Gasteiger partial charge in [-0.05, 0) is 51.2 Å². The molecule has 1 fully saturated rings. The predicted octanol–water partition coefficient (Wildman–Crippen LogP) is 3.90. The zero-order chi connectivity index (χ0) is 22.4. The Morgan fingerprint density at radius 3 is 2.81 bits per heavy atom. The molecule has 3 aromatic rings. The van der Waals surface area contributed by atoms with Gasteiger partial charge in [0, 0.05) is 34.7 Å². The second-order valence-electron chi connectivity index (χ2n) is 8.47. The van der Waals surface area contributed by atoms with Gasteiger partial charge in [0.15, 0.2) is 5.13 Å². The number of anilines is 1. The van der Waals surface area contributed by atoms with Crippen LogP contribution in [0.25, 0.3) is 10.9 Å². The van der Waals surface area contributed by atoms with Crippen LogP contribution in [0.15, 0.2) is 18.2 Å². The van der Waals surface area contributed by atoms with E-state index in [-0.39, 0.29) is 22.8 Å². The van der Waals surface area contributed by atoms with E-state index in [0.717, 1.165) is 36.5 Å². The molecule has 0 atom stereocenters. The van der Waals surface area contributed by atoms with Crippen LogP contribution >= 0.6 is 22.9 Å². The summed E-state index contributed by atoms with van der Waals surface area (Å²) in [7, 11) is 2.07. The first-order valence-corrected chi connectivity index (χ1v) is 11.8. The fraction of sp³-hybridized carbons (Fsp3) is 0.409. The number of amides is 2. The number of nitrogens with zero attached hydrogens (tertiary/aromatic N) is 3. The Balaban J connectivity index is 1.27. The largest absolute Gasteiger partial charge is 0.350 e. The number of halogens is 2. The SMILES string of the molecule is CN1CCC(C(=O)Nc2nc3c(s2)CN(C(=O)c2cc4cc(F)c(Cl)cc4[nH]2)CC3)CC1. The summed E-state index contributed by atoms with van der Waals surface area (Å²) in [6.45, 7) is 2.81. The molecule has 32 heavy (non-hydrogen) atoms. The third kappa shape index (κ3) is 4.12. The van der Waals surface area contributed by atoms with Crippen molar-refractivity contribution in [3.8, 4) is 0 Å². The maximum absolute atomic E-state index is 13.7. The summed E-state index contributed by atoms with van der Waals surface area (Å²) in [6, 6.07) is 4.45. The molecule has 168 valence electrons. The van der Waals surface area contributed by atoms with E-state index in [1.165, 1.54) is 23.5 Å². The summed E-state index contributed by atoms with van der Waals surface area (Å²) < 4.78 is 13.7. The molecule has 2 amide bonds. The number of rotatable bonds is 3. The monoisotopic (exact) mass is 475 g/mol. The lowest BCUT2D eigenvalue weighted by Crippen LogP contribution is -2.36. The number of nitrogens with one attached hydrogen (secondary N) is 2. The first-order valence-electron chi connectivity index (χ1n) is 10.6. The molecule has 2 N–H and O–H groups in total. The minimum absolute atomic E-state index is 0.0143. The maximum Gasteiger partial charge on any atom is 0.270 e. The molecule has 5 rings (SSSR count). The molecule has 0 bridgehead atoms. The summed E-state index contributed by atoms with van der Waals surface area (Å²) in [5, 5.41) is 4.20. The minimum Gasteiger partial charge on any atom is -0.350 e. The van der Waals surface area contributed by atoms with Crippen LogP contribution in [0.1, 0.15) is 33.9 Å². The molecule has 1 aromatic carbocycles. The highest BCUT2D eigenvalue weighted by molar-refractivity contribution is 7.15. The number of carbonyl (C=O) groups excluding carboxylic acids is 2. The highest BCUT2D eigenvalue weighted by Crippen LogP contribution is 2.31. The van der Waals surface area contributed by atoms with Gasteiger partial charge in [-0.3, -0.25) is 9.59 Å². The van der Waals surface area contributed by atoms with E-state index in [2.05, 4.69) is 27.2 Å². The van der Waals surface area contributed by atoms with E-state index in [0.29, 0.717) is 41.2 Å². The van der Waals surface area contributed by atoms with Crippen LogP contribution in [0, 0.1) is 11.7 Å². The number of aromatic amines is 1. The van der Waals surface area contributed by atoms with Gasteiger partial charge in [0.1, 0.15) is 11.5 Å². The lowest BCUT2D eigenvalue weighted by molar-refractivity contribution is -0.121. The smallest absolute Gasteiger partial charge is 0.270 e. The van der Waals surface area contributed by atoms with Crippen molar-refractivity contribution in [3.63, 3.8) is 0 Å². The predicted molar refractivity (Wildman–Crippen MR) is 123 cm³/mol. The molecule has 7 nitrogen and oxygen atoms in total. The number of H-pyrrole nitrogens is 1. The van der Waals surface area contributed by atoms with Crippen molar-refractivity contribution in [1.29, 1.82) is 0 Å². The van der Waals surface area contributed by atoms with Gasteiger partial charge < -0.3 is 20.1 Å². The summed E-state index contributed by atoms with van der Waals surface area (Å²) in [4.78, 5) is 38.2. The number of fused-ring (bicyclic) bond motifs is 2. The van der Waals surface area contributed by atoms with Gasteiger partial charge in [0.25, 0.3) is 5.91 Å². The van der Waals surface area contributed by atoms with E-state index in [1.807, 2.05) is 0 Å². The summed E-state index contributed by atoms with van der Waals surface area (Å²) >= 11 is 7.28. The van der Waals surface area contributed by atoms with Crippen molar-refractivity contribution in [2.75, 3.05) is 32.0 Å². The molecule has 10 heteroatoms. The summed E-state index contributed by atoms with van der Waals surface area (Å²) in [6.07, 6.45) is 2.34. The molecule has 2 aromatic heterocycles. The van der Waals surface area contributed by atoms with Gasteiger partial charge in [0.05, 0.1) is 17.3 Å². The van der Waals surface area contributed by atoms with Crippen LogP contribution < -0.4 is 5.32 Å². The lowest BCUT2D eigenvalue weighted by atomic mass is 9.96. The third-order valence-corrected chi connectivity index (χ3v) is 7.52. The van der Waals surface area contributed by atoms with Crippen LogP contribution in [0.4, 0.5) is 9.52 Å². The van der Waals surface area contributed by atoms with E-state index < -0.39 is 5.82 Å². The van der Waals surface area contributed by atoms with E-state index in [4.69, 9.17) is 11.6 Å². The molecule has 2 aliphatic rings. The van der Waals surface area contributed by atoms with Crippen LogP contribution in [0.2, 0.25) is 5.02 Å². The second kappa shape index (κ2) is 8.46. The zero-order valence-corrected chi connectivity index (χ0v) is 19.2. The number of likely N-dealkylation sites (tertiary alicyclic amines) is 1. The van der Waals surface area contributed by atoms with Gasteiger partial charge in [-0.25, -0.2) is 9.37 Å². The quantitative estimate of drug-likeness (QED) is 0.602. The van der Waals surface area contributed by atoms with Crippen molar-refractivity contribution in [2.45, 2.75) is 25.8 Å². The molecular weight excluding hydrogens is 453 g/mol. The van der Waals surface area contributed by atoms with Gasteiger partial charge >= 0.3 is 0 Å². The Bertz CT molecular complexity index is 1160. The van der Waals surface area contributed by atoms with Crippen LogP contribution in [-0.2, 0) is 17.8 Å². The second-order valence-corrected chi connectivity index (χ2v) is 9.96. The third-order valence-electron chi connectivity index (χ3n) is 6.23. The standard InChI is InChI=1S/C22H23ClFN5O2S/c1-28-5-2-12(3-6-28)20(30)27-22-26-16-4-7-29(11-19(16)32-22)21(31)18-9-13-8-15(24)14(23)10-17(13)25-18/h8-10,12,25H,2-7,11H2,1H3,(H,26,27,30). The molecule has 0 radical (unpaired) electrons. The van der Waals surface area contributed by atoms with Gasteiger partial charge in [0.2, 0.25) is 5.91 Å². The molecule has 2 aliphatic heterocycles. The minimum atomic E-state index is -0.515. The molecule has 1 saturated heterocycles. The molecule has 4 heterocycles. The summed E-state index contributed by atoms with van der Waals surface area (Å²) in [5.41, 5.74) is 1.95. The fourth-order valence-corrected chi connectivity index (χ4v) is 5.50. The number of aromatic nitrogens is 2. The first-order chi connectivity index (χ1) is 15.4. The number of carbonyl (C=O) groups is 2. The van der Waals surface area contributed by atoms with Crippen LogP contribution in [0.5, 0.6) is 0 Å². The highest BCUT2D eigenvalue weighted by Gasteiger charge is 2.28. The molecule has 0 unspecified atom stereocenters. The molecule has 0 aliphatic carbocycles. The van der Waals surface area contributed by atoms with E-state index >= 15 is 0 Å². The Morgan fingerprint density at radius 1 is 1.25 bits per heavy atom. The van der Waals surface area contributed by atoms with Gasteiger partial charge in [-0.1, -0.05) is 22.9 Å². The van der Waals surface area contributed by atoms with Crippen LogP contribution in [0.3, 0.4) is 0 Å². The number of hydrogen-bond acceptors (Lipinski definition) is 5. The van der Waals surface area contributed by atoms with Gasteiger partial charge in [-0.15, -0.1) is 0 Å². The maximum atomic E-state index is 13.7. The van der Waals surface area contributed by atoms with Crippen molar-refractivity contribution in [1.82, 2.24) is 19.8 Å². The van der Waals surface area contributed by atoms with Crippen LogP contribution in [-0.4, -0.2) is 58.3 Å². The number of benzene rings is 1. The number of hydrogen-bond donors (Lipinski definition) is 2. The first kappa shape index (κ1) is 21.4. The van der Waals surface area contributed by atoms with E-state index in [1.54, 1.807) is 11.0 Å². The molecule has 0 spiro atoms. The average Bonchev–Trinajstić information content (AvgIpc) is 3.36. The Morgan fingerprint density at radius 2 is 2.03 bits per heavy atom. The average molecular weight is 476 g/mol. The normalized spacial score (nSPS) is 17.5. The Hall–Kier alpha value is -2.49. The fourth-order valence-electron chi connectivity index (χ4n) is 4.31. The molecular formula is C22H23ClFN5O2S. The Labute approximate surface area is 193 Å². The topological polar surface area (TPSA) is 81.3 Å². The van der Waals surface area contributed by atoms with E-state index in [9.17, 15) is 14.0 Å². The summed E-state index contributed by atoms with van der Waals surface area (Å²) in [5.74, 6) is -0.625. The van der Waals surface area contributed by atoms with Crippen molar-refractivity contribution >= 4 is 50.8 Å². The van der Waals surface area contributed by atoms with Gasteiger partial charge in [-0.2, -0.15) is 0 Å². The van der Waals surface area contributed by atoms with Crippen molar-refractivity contribution in [2.24, 2.45) is 5.92 Å². The zero-order valence-electron chi connectivity index (χ0n) is 17.6.